The Kier molecular flexibility index (Phi) is 6.21. The highest BCUT2D eigenvalue weighted by Gasteiger charge is 2.15. The molecule has 0 saturated heterocycles. The van der Waals surface area contributed by atoms with Crippen molar-refractivity contribution in [2.75, 3.05) is 0 Å². The van der Waals surface area contributed by atoms with Crippen molar-refractivity contribution in [1.82, 2.24) is 0 Å². The fourth-order valence-corrected chi connectivity index (χ4v) is 2.67. The van der Waals surface area contributed by atoms with Crippen molar-refractivity contribution in [2.24, 2.45) is 10.2 Å². The highest BCUT2D eigenvalue weighted by molar-refractivity contribution is 6.58. The number of rotatable bonds is 5. The number of azo groups is 1. The number of ether oxygens (including phenoxy) is 1. The standard InChI is InChI=1S/C22H21BN2O4/c1-14-4-10-19(11-5-14)24-25-20-12-13-21(16(3)15(20)2)29-22(26)17-6-8-18(9-7-17)23(27)28/h4-13,27-28H,1-3H3/b25-24+. The molecule has 0 aliphatic carbocycles. The van der Waals surface area contributed by atoms with E-state index in [1.54, 1.807) is 12.1 Å². The molecule has 7 heteroatoms. The largest absolute Gasteiger partial charge is 0.488 e. The third-order valence-electron chi connectivity index (χ3n) is 4.66. The minimum Gasteiger partial charge on any atom is -0.423 e. The van der Waals surface area contributed by atoms with Gasteiger partial charge in [-0.1, -0.05) is 29.8 Å². The van der Waals surface area contributed by atoms with Crippen LogP contribution in [0.25, 0.3) is 0 Å². The van der Waals surface area contributed by atoms with Crippen LogP contribution in [-0.4, -0.2) is 23.1 Å². The van der Waals surface area contributed by atoms with Crippen molar-refractivity contribution in [2.45, 2.75) is 20.8 Å². The first-order valence-corrected chi connectivity index (χ1v) is 9.12. The Bertz CT molecular complexity index is 1050. The summed E-state index contributed by atoms with van der Waals surface area (Å²) in [6, 6.07) is 17.1. The van der Waals surface area contributed by atoms with Gasteiger partial charge in [0.15, 0.2) is 0 Å². The molecule has 29 heavy (non-hydrogen) atoms. The summed E-state index contributed by atoms with van der Waals surface area (Å²) >= 11 is 0. The zero-order valence-corrected chi connectivity index (χ0v) is 16.5. The van der Waals surface area contributed by atoms with E-state index in [1.807, 2.05) is 45.0 Å². The number of carbonyl (C=O) groups excluding carboxylic acids is 1. The molecule has 0 atom stereocenters. The Balaban J connectivity index is 1.76. The summed E-state index contributed by atoms with van der Waals surface area (Å²) in [5.74, 6) is -0.0893. The number of hydrogen-bond donors (Lipinski definition) is 2. The number of nitrogens with zero attached hydrogens (tertiary/aromatic N) is 2. The quantitative estimate of drug-likeness (QED) is 0.300. The maximum Gasteiger partial charge on any atom is 0.488 e. The Morgan fingerprint density at radius 2 is 1.48 bits per heavy atom. The van der Waals surface area contributed by atoms with Crippen LogP contribution < -0.4 is 10.2 Å². The predicted octanol–water partition coefficient (Wildman–Crippen LogP) is 3.93. The summed E-state index contributed by atoms with van der Waals surface area (Å²) in [5, 5.41) is 26.8. The van der Waals surface area contributed by atoms with Crippen LogP contribution in [-0.2, 0) is 0 Å². The minimum absolute atomic E-state index is 0.303. The second-order valence-electron chi connectivity index (χ2n) is 6.75. The van der Waals surface area contributed by atoms with Gasteiger partial charge in [0.25, 0.3) is 0 Å². The van der Waals surface area contributed by atoms with Gasteiger partial charge in [0.1, 0.15) is 5.75 Å². The summed E-state index contributed by atoms with van der Waals surface area (Å²) in [7, 11) is -1.58. The van der Waals surface area contributed by atoms with Crippen molar-refractivity contribution in [1.29, 1.82) is 0 Å². The lowest BCUT2D eigenvalue weighted by molar-refractivity contribution is 0.0733. The molecule has 0 fully saturated rings. The second kappa shape index (κ2) is 8.81. The molecule has 0 radical (unpaired) electrons. The van der Waals surface area contributed by atoms with Gasteiger partial charge in [-0.3, -0.25) is 0 Å². The van der Waals surface area contributed by atoms with E-state index in [9.17, 15) is 4.79 Å². The van der Waals surface area contributed by atoms with Crippen LogP contribution in [0.15, 0.2) is 70.9 Å². The normalized spacial score (nSPS) is 10.9. The Labute approximate surface area is 169 Å². The van der Waals surface area contributed by atoms with Gasteiger partial charge in [-0.05, 0) is 73.8 Å². The molecule has 0 unspecified atom stereocenters. The van der Waals surface area contributed by atoms with Crippen LogP contribution in [0.3, 0.4) is 0 Å². The lowest BCUT2D eigenvalue weighted by Crippen LogP contribution is -2.29. The van der Waals surface area contributed by atoms with E-state index < -0.39 is 13.1 Å². The molecular formula is C22H21BN2O4. The topological polar surface area (TPSA) is 91.5 Å². The van der Waals surface area contributed by atoms with Gasteiger partial charge in [-0.25, -0.2) is 4.79 Å². The fourth-order valence-electron chi connectivity index (χ4n) is 2.67. The summed E-state index contributed by atoms with van der Waals surface area (Å²) in [4.78, 5) is 12.4. The van der Waals surface area contributed by atoms with E-state index in [-0.39, 0.29) is 0 Å². The van der Waals surface area contributed by atoms with Gasteiger partial charge < -0.3 is 14.8 Å². The molecule has 0 spiro atoms. The molecule has 3 aromatic carbocycles. The average Bonchev–Trinajstić information content (AvgIpc) is 2.72. The number of benzene rings is 3. The summed E-state index contributed by atoms with van der Waals surface area (Å²) in [6.07, 6.45) is 0. The molecule has 0 saturated carbocycles. The first kappa shape index (κ1) is 20.4. The van der Waals surface area contributed by atoms with E-state index in [0.717, 1.165) is 22.4 Å². The van der Waals surface area contributed by atoms with Crippen molar-refractivity contribution in [3.8, 4) is 5.75 Å². The number of esters is 1. The summed E-state index contributed by atoms with van der Waals surface area (Å²) < 4.78 is 5.51. The summed E-state index contributed by atoms with van der Waals surface area (Å²) in [6.45, 7) is 5.76. The maximum absolute atomic E-state index is 12.4. The first-order chi connectivity index (χ1) is 13.8. The first-order valence-electron chi connectivity index (χ1n) is 9.12. The molecule has 146 valence electrons. The maximum atomic E-state index is 12.4. The molecule has 3 aromatic rings. The van der Waals surface area contributed by atoms with Crippen LogP contribution in [0.4, 0.5) is 11.4 Å². The highest BCUT2D eigenvalue weighted by atomic mass is 16.5. The molecule has 0 bridgehead atoms. The van der Waals surface area contributed by atoms with E-state index in [2.05, 4.69) is 10.2 Å². The lowest BCUT2D eigenvalue weighted by Gasteiger charge is -2.11. The third kappa shape index (κ3) is 4.96. The Morgan fingerprint density at radius 3 is 2.10 bits per heavy atom. The molecule has 0 heterocycles. The van der Waals surface area contributed by atoms with Crippen molar-refractivity contribution < 1.29 is 19.6 Å². The molecule has 0 amide bonds. The molecule has 0 aromatic heterocycles. The van der Waals surface area contributed by atoms with E-state index in [0.29, 0.717) is 22.5 Å². The third-order valence-corrected chi connectivity index (χ3v) is 4.66. The van der Waals surface area contributed by atoms with Crippen LogP contribution in [0.2, 0.25) is 0 Å². The van der Waals surface area contributed by atoms with Gasteiger partial charge in [0, 0.05) is 0 Å². The zero-order chi connectivity index (χ0) is 21.0. The molecule has 3 rings (SSSR count). The van der Waals surface area contributed by atoms with Gasteiger partial charge in [-0.2, -0.15) is 10.2 Å². The molecule has 0 aliphatic heterocycles. The highest BCUT2D eigenvalue weighted by Crippen LogP contribution is 2.31. The van der Waals surface area contributed by atoms with Crippen molar-refractivity contribution in [3.63, 3.8) is 0 Å². The average molecular weight is 388 g/mol. The molecule has 6 nitrogen and oxygen atoms in total. The van der Waals surface area contributed by atoms with Crippen molar-refractivity contribution in [3.05, 3.63) is 82.9 Å². The van der Waals surface area contributed by atoms with Crippen LogP contribution >= 0.6 is 0 Å². The summed E-state index contributed by atoms with van der Waals surface area (Å²) in [5.41, 5.74) is 4.89. The van der Waals surface area contributed by atoms with Gasteiger partial charge in [0.2, 0.25) is 0 Å². The molecule has 0 aliphatic rings. The van der Waals surface area contributed by atoms with E-state index in [4.69, 9.17) is 14.8 Å². The number of carbonyl (C=O) groups is 1. The van der Waals surface area contributed by atoms with Crippen molar-refractivity contribution >= 4 is 29.9 Å². The fraction of sp³-hybridized carbons (Fsp3) is 0.136. The van der Waals surface area contributed by atoms with Gasteiger partial charge in [-0.15, -0.1) is 0 Å². The van der Waals surface area contributed by atoms with Gasteiger partial charge >= 0.3 is 13.1 Å². The predicted molar refractivity (Wildman–Crippen MR) is 112 cm³/mol. The number of aryl methyl sites for hydroxylation is 1. The van der Waals surface area contributed by atoms with Crippen LogP contribution in [0.5, 0.6) is 5.75 Å². The second-order valence-corrected chi connectivity index (χ2v) is 6.75. The zero-order valence-electron chi connectivity index (χ0n) is 16.5. The van der Waals surface area contributed by atoms with Crippen LogP contribution in [0.1, 0.15) is 27.0 Å². The minimum atomic E-state index is -1.58. The smallest absolute Gasteiger partial charge is 0.423 e. The Morgan fingerprint density at radius 1 is 0.828 bits per heavy atom. The number of hydrogen-bond acceptors (Lipinski definition) is 6. The Hall–Kier alpha value is -3.29. The SMILES string of the molecule is Cc1ccc(/N=N/c2ccc(OC(=O)c3ccc(B(O)O)cc3)c(C)c2C)cc1. The van der Waals surface area contributed by atoms with Crippen LogP contribution in [0, 0.1) is 20.8 Å². The lowest BCUT2D eigenvalue weighted by atomic mass is 9.80. The van der Waals surface area contributed by atoms with E-state index >= 15 is 0 Å². The monoisotopic (exact) mass is 388 g/mol. The molecular weight excluding hydrogens is 367 g/mol. The van der Waals surface area contributed by atoms with Gasteiger partial charge in [0.05, 0.1) is 16.9 Å². The van der Waals surface area contributed by atoms with E-state index in [1.165, 1.54) is 24.3 Å². The molecule has 2 N–H and O–H groups in total.